The molecule has 1 aliphatic rings. The molecular weight excluding hydrogens is 290 g/mol. The number of rotatable bonds is 7. The summed E-state index contributed by atoms with van der Waals surface area (Å²) in [5.41, 5.74) is 0. The van der Waals surface area contributed by atoms with Crippen molar-refractivity contribution in [1.29, 1.82) is 0 Å². The lowest BCUT2D eigenvalue weighted by Crippen LogP contribution is -2.24. The highest BCUT2D eigenvalue weighted by molar-refractivity contribution is 5.85. The van der Waals surface area contributed by atoms with Gasteiger partial charge in [0.2, 0.25) is 0 Å². The van der Waals surface area contributed by atoms with Crippen LogP contribution in [0.2, 0.25) is 0 Å². The van der Waals surface area contributed by atoms with Crippen molar-refractivity contribution in [3.8, 4) is 0 Å². The lowest BCUT2D eigenvalue weighted by atomic mass is 9.97. The average Bonchev–Trinajstić information content (AvgIpc) is 2.94. The molecule has 0 saturated heterocycles. The molecule has 1 aliphatic carbocycles. The second-order valence-electron chi connectivity index (χ2n) is 5.74. The van der Waals surface area contributed by atoms with Crippen molar-refractivity contribution in [2.45, 2.75) is 77.0 Å². The van der Waals surface area contributed by atoms with Crippen LogP contribution in [0.3, 0.4) is 0 Å². The Morgan fingerprint density at radius 2 is 2.05 bits per heavy atom. The Labute approximate surface area is 133 Å². The van der Waals surface area contributed by atoms with Gasteiger partial charge in [0.25, 0.3) is 5.89 Å². The molecular formula is C15H28ClN3O2. The molecule has 0 bridgehead atoms. The smallest absolute Gasteiger partial charge is 0.255 e. The van der Waals surface area contributed by atoms with Crippen molar-refractivity contribution in [2.75, 3.05) is 7.05 Å². The van der Waals surface area contributed by atoms with Crippen LogP contribution < -0.4 is 5.32 Å². The summed E-state index contributed by atoms with van der Waals surface area (Å²) in [7, 11) is 1.94. The summed E-state index contributed by atoms with van der Waals surface area (Å²) >= 11 is 0. The molecule has 1 fully saturated rings. The van der Waals surface area contributed by atoms with Crippen LogP contribution in [0.25, 0.3) is 0 Å². The fourth-order valence-corrected chi connectivity index (χ4v) is 2.62. The van der Waals surface area contributed by atoms with E-state index < -0.39 is 0 Å². The van der Waals surface area contributed by atoms with E-state index in [1.54, 1.807) is 0 Å². The van der Waals surface area contributed by atoms with E-state index in [-0.39, 0.29) is 18.5 Å². The van der Waals surface area contributed by atoms with Gasteiger partial charge in [0.15, 0.2) is 5.82 Å². The van der Waals surface area contributed by atoms with E-state index in [0.29, 0.717) is 18.0 Å². The van der Waals surface area contributed by atoms with E-state index in [4.69, 9.17) is 9.26 Å². The number of hydrogen-bond acceptors (Lipinski definition) is 5. The van der Waals surface area contributed by atoms with Crippen molar-refractivity contribution in [3.05, 3.63) is 11.7 Å². The molecule has 2 unspecified atom stereocenters. The monoisotopic (exact) mass is 317 g/mol. The molecule has 0 aliphatic heterocycles. The third-order valence-electron chi connectivity index (χ3n) is 4.02. The number of likely N-dealkylation sites (N-methyl/N-ethyl adjacent to an activating group) is 1. The fourth-order valence-electron chi connectivity index (χ4n) is 2.62. The molecule has 0 amide bonds. The summed E-state index contributed by atoms with van der Waals surface area (Å²) < 4.78 is 11.6. The number of nitrogens with zero attached hydrogens (tertiary/aromatic N) is 2. The fraction of sp³-hybridized carbons (Fsp3) is 0.867. The second-order valence-corrected chi connectivity index (χ2v) is 5.74. The molecule has 1 aromatic rings. The number of nitrogens with one attached hydrogen (secondary N) is 1. The predicted molar refractivity (Wildman–Crippen MR) is 84.8 cm³/mol. The topological polar surface area (TPSA) is 60.2 Å². The van der Waals surface area contributed by atoms with Crippen LogP contribution in [0.15, 0.2) is 4.52 Å². The van der Waals surface area contributed by atoms with E-state index in [1.165, 1.54) is 19.3 Å². The summed E-state index contributed by atoms with van der Waals surface area (Å²) in [6.45, 7) is 4.21. The molecule has 21 heavy (non-hydrogen) atoms. The van der Waals surface area contributed by atoms with Gasteiger partial charge in [-0.3, -0.25) is 0 Å². The summed E-state index contributed by atoms with van der Waals surface area (Å²) in [6.07, 6.45) is 8.17. The maximum Gasteiger partial charge on any atom is 0.255 e. The minimum absolute atomic E-state index is 0. The van der Waals surface area contributed by atoms with Crippen molar-refractivity contribution in [2.24, 2.45) is 0 Å². The SMILES string of the molecule is CCC(OC1CCCCC1)c1nc(CC(C)NC)no1.Cl. The summed E-state index contributed by atoms with van der Waals surface area (Å²) in [6, 6.07) is 0.347. The minimum Gasteiger partial charge on any atom is -0.365 e. The Bertz CT molecular complexity index is 394. The van der Waals surface area contributed by atoms with Gasteiger partial charge in [0, 0.05) is 12.5 Å². The molecule has 0 aromatic carbocycles. The number of ether oxygens (including phenoxy) is 1. The maximum atomic E-state index is 6.16. The van der Waals surface area contributed by atoms with Crippen LogP contribution in [0.5, 0.6) is 0 Å². The first-order valence-corrected chi connectivity index (χ1v) is 7.88. The number of aromatic nitrogens is 2. The second kappa shape index (κ2) is 9.38. The van der Waals surface area contributed by atoms with Crippen molar-refractivity contribution >= 4 is 12.4 Å². The van der Waals surface area contributed by atoms with Crippen molar-refractivity contribution < 1.29 is 9.26 Å². The standard InChI is InChI=1S/C15H27N3O2.ClH/c1-4-13(19-12-8-6-5-7-9-12)15-17-14(18-20-15)10-11(2)16-3;/h11-13,16H,4-10H2,1-3H3;1H. The zero-order valence-electron chi connectivity index (χ0n) is 13.3. The normalized spacial score (nSPS) is 19.0. The van der Waals surface area contributed by atoms with Crippen LogP contribution >= 0.6 is 12.4 Å². The quantitative estimate of drug-likeness (QED) is 0.834. The number of halogens is 1. The van der Waals surface area contributed by atoms with Gasteiger partial charge in [-0.1, -0.05) is 31.3 Å². The maximum absolute atomic E-state index is 6.16. The van der Waals surface area contributed by atoms with Gasteiger partial charge in [-0.05, 0) is 33.2 Å². The van der Waals surface area contributed by atoms with Crippen LogP contribution in [-0.2, 0) is 11.2 Å². The van der Waals surface area contributed by atoms with Gasteiger partial charge in [-0.25, -0.2) is 0 Å². The van der Waals surface area contributed by atoms with E-state index in [1.807, 2.05) is 7.05 Å². The highest BCUT2D eigenvalue weighted by atomic mass is 35.5. The summed E-state index contributed by atoms with van der Waals surface area (Å²) in [4.78, 5) is 4.49. The van der Waals surface area contributed by atoms with Gasteiger partial charge >= 0.3 is 0 Å². The zero-order chi connectivity index (χ0) is 14.4. The molecule has 122 valence electrons. The Balaban J connectivity index is 0.00000220. The molecule has 1 heterocycles. The Morgan fingerprint density at radius 3 is 2.67 bits per heavy atom. The molecule has 0 radical (unpaired) electrons. The van der Waals surface area contributed by atoms with Gasteiger partial charge < -0.3 is 14.6 Å². The van der Waals surface area contributed by atoms with Crippen molar-refractivity contribution in [1.82, 2.24) is 15.5 Å². The molecule has 1 saturated carbocycles. The third kappa shape index (κ3) is 5.57. The average molecular weight is 318 g/mol. The first-order chi connectivity index (χ1) is 9.72. The lowest BCUT2D eigenvalue weighted by Gasteiger charge is -2.25. The molecule has 5 nitrogen and oxygen atoms in total. The molecule has 1 aromatic heterocycles. The Hall–Kier alpha value is -0.650. The molecule has 6 heteroatoms. The van der Waals surface area contributed by atoms with E-state index >= 15 is 0 Å². The van der Waals surface area contributed by atoms with Gasteiger partial charge in [-0.2, -0.15) is 4.98 Å². The van der Waals surface area contributed by atoms with Crippen LogP contribution in [-0.4, -0.2) is 29.3 Å². The molecule has 2 atom stereocenters. The van der Waals surface area contributed by atoms with Crippen LogP contribution in [0.1, 0.15) is 70.2 Å². The first-order valence-electron chi connectivity index (χ1n) is 7.88. The minimum atomic E-state index is -0.0516. The zero-order valence-corrected chi connectivity index (χ0v) is 14.1. The van der Waals surface area contributed by atoms with Gasteiger partial charge in [0.1, 0.15) is 6.10 Å². The lowest BCUT2D eigenvalue weighted by molar-refractivity contribution is -0.0468. The van der Waals surface area contributed by atoms with E-state index in [9.17, 15) is 0 Å². The van der Waals surface area contributed by atoms with Gasteiger partial charge in [0.05, 0.1) is 6.10 Å². The van der Waals surface area contributed by atoms with E-state index in [2.05, 4.69) is 29.3 Å². The van der Waals surface area contributed by atoms with Crippen LogP contribution in [0, 0.1) is 0 Å². The van der Waals surface area contributed by atoms with Crippen molar-refractivity contribution in [3.63, 3.8) is 0 Å². The molecule has 2 rings (SSSR count). The highest BCUT2D eigenvalue weighted by Gasteiger charge is 2.23. The molecule has 0 spiro atoms. The van der Waals surface area contributed by atoms with E-state index in [0.717, 1.165) is 31.5 Å². The molecule has 1 N–H and O–H groups in total. The highest BCUT2D eigenvalue weighted by Crippen LogP contribution is 2.28. The van der Waals surface area contributed by atoms with Crippen LogP contribution in [0.4, 0.5) is 0 Å². The van der Waals surface area contributed by atoms with Gasteiger partial charge in [-0.15, -0.1) is 12.4 Å². The Kier molecular flexibility index (Phi) is 8.22. The number of hydrogen-bond donors (Lipinski definition) is 1. The first kappa shape index (κ1) is 18.4. The Morgan fingerprint density at radius 1 is 1.33 bits per heavy atom. The summed E-state index contributed by atoms with van der Waals surface area (Å²) in [5, 5.41) is 7.24. The predicted octanol–water partition coefficient (Wildman–Crippen LogP) is 3.44. The summed E-state index contributed by atoms with van der Waals surface area (Å²) in [5.74, 6) is 1.39. The third-order valence-corrected chi connectivity index (χ3v) is 4.02. The largest absolute Gasteiger partial charge is 0.365 e.